The third-order valence-corrected chi connectivity index (χ3v) is 5.80. The van der Waals surface area contributed by atoms with Crippen molar-refractivity contribution in [2.75, 3.05) is 0 Å². The number of hydrogen-bond acceptors (Lipinski definition) is 2. The fourth-order valence-electron chi connectivity index (χ4n) is 3.74. The molecule has 4 heteroatoms. The van der Waals surface area contributed by atoms with Crippen LogP contribution in [0.1, 0.15) is 34.1 Å². The lowest BCUT2D eigenvalue weighted by atomic mass is 9.83. The fourth-order valence-corrected chi connectivity index (χ4v) is 3.74. The number of benzene rings is 2. The molecule has 0 saturated carbocycles. The normalized spacial score (nSPS) is 19.1. The molecule has 1 fully saturated rings. The van der Waals surface area contributed by atoms with Crippen molar-refractivity contribution < 1.29 is 9.31 Å². The lowest BCUT2D eigenvalue weighted by Crippen LogP contribution is -2.41. The molecule has 130 valence electrons. The maximum Gasteiger partial charge on any atom is 0.457 e. The van der Waals surface area contributed by atoms with E-state index in [-0.39, 0.29) is 18.3 Å². The molecule has 4 rings (SSSR count). The van der Waals surface area contributed by atoms with E-state index in [4.69, 9.17) is 9.31 Å². The maximum atomic E-state index is 6.13. The van der Waals surface area contributed by atoms with Gasteiger partial charge >= 0.3 is 7.12 Å². The summed E-state index contributed by atoms with van der Waals surface area (Å²) >= 11 is 0. The van der Waals surface area contributed by atoms with E-state index in [1.54, 1.807) is 0 Å². The first-order chi connectivity index (χ1) is 11.9. The minimum Gasteiger partial charge on any atom is -0.403 e. The smallest absolute Gasteiger partial charge is 0.403 e. The van der Waals surface area contributed by atoms with Crippen molar-refractivity contribution in [3.05, 3.63) is 48.5 Å². The summed E-state index contributed by atoms with van der Waals surface area (Å²) in [5.41, 5.74) is 2.12. The molecule has 0 amide bonds. The Morgan fingerprint density at radius 1 is 0.800 bits per heavy atom. The van der Waals surface area contributed by atoms with Crippen LogP contribution in [0.4, 0.5) is 0 Å². The minimum absolute atomic E-state index is 0.113. The van der Waals surface area contributed by atoms with Crippen LogP contribution >= 0.6 is 0 Å². The van der Waals surface area contributed by atoms with Crippen molar-refractivity contribution in [2.45, 2.75) is 58.2 Å². The summed E-state index contributed by atoms with van der Waals surface area (Å²) in [5.74, 6) is 0. The van der Waals surface area contributed by atoms with Crippen LogP contribution in [0.2, 0.25) is 6.32 Å². The Kier molecular flexibility index (Phi) is 3.93. The lowest BCUT2D eigenvalue weighted by Gasteiger charge is -2.32. The molecule has 25 heavy (non-hydrogen) atoms. The summed E-state index contributed by atoms with van der Waals surface area (Å²) in [6.07, 6.45) is 1.94. The van der Waals surface area contributed by atoms with Gasteiger partial charge in [0.05, 0.1) is 11.2 Å². The van der Waals surface area contributed by atoms with Gasteiger partial charge in [0.25, 0.3) is 0 Å². The second-order valence-electron chi connectivity index (χ2n) is 8.01. The van der Waals surface area contributed by atoms with Crippen LogP contribution in [-0.2, 0) is 15.9 Å². The van der Waals surface area contributed by atoms with Gasteiger partial charge in [0.15, 0.2) is 0 Å². The standard InChI is InChI=1S/C21H26BNO2/c1-20(2)21(3,4)25-22(24-20)14-9-15-23-18-12-7-5-10-16(18)17-11-6-8-13-19(17)23/h5-8,10-13H,9,14-15H2,1-4H3. The molecule has 0 unspecified atom stereocenters. The Balaban J connectivity index is 1.54. The van der Waals surface area contributed by atoms with Gasteiger partial charge < -0.3 is 13.9 Å². The van der Waals surface area contributed by atoms with E-state index < -0.39 is 0 Å². The number of nitrogens with zero attached hydrogens (tertiary/aromatic N) is 1. The highest BCUT2D eigenvalue weighted by Gasteiger charge is 2.50. The average molecular weight is 335 g/mol. The van der Waals surface area contributed by atoms with Gasteiger partial charge in [-0.15, -0.1) is 0 Å². The highest BCUT2D eigenvalue weighted by Crippen LogP contribution is 2.38. The van der Waals surface area contributed by atoms with Crippen molar-refractivity contribution in [3.63, 3.8) is 0 Å². The summed E-state index contributed by atoms with van der Waals surface area (Å²) < 4.78 is 14.7. The molecular formula is C21H26BNO2. The summed E-state index contributed by atoms with van der Waals surface area (Å²) in [5, 5.41) is 2.66. The molecule has 1 saturated heterocycles. The highest BCUT2D eigenvalue weighted by molar-refractivity contribution is 6.45. The van der Waals surface area contributed by atoms with Gasteiger partial charge in [-0.1, -0.05) is 36.4 Å². The van der Waals surface area contributed by atoms with E-state index >= 15 is 0 Å². The summed E-state index contributed by atoms with van der Waals surface area (Å²) in [6, 6.07) is 17.3. The number of fused-ring (bicyclic) bond motifs is 3. The van der Waals surface area contributed by atoms with E-state index in [2.05, 4.69) is 80.8 Å². The maximum absolute atomic E-state index is 6.13. The molecule has 1 aliphatic heterocycles. The summed E-state index contributed by atoms with van der Waals surface area (Å²) in [4.78, 5) is 0. The van der Waals surface area contributed by atoms with Crippen LogP contribution in [0, 0.1) is 0 Å². The molecular weight excluding hydrogens is 309 g/mol. The van der Waals surface area contributed by atoms with E-state index in [0.717, 1.165) is 19.3 Å². The monoisotopic (exact) mass is 335 g/mol. The van der Waals surface area contributed by atoms with E-state index in [0.29, 0.717) is 0 Å². The molecule has 3 nitrogen and oxygen atoms in total. The number of hydrogen-bond donors (Lipinski definition) is 0. The topological polar surface area (TPSA) is 23.4 Å². The Morgan fingerprint density at radius 2 is 1.28 bits per heavy atom. The predicted molar refractivity (Wildman–Crippen MR) is 105 cm³/mol. The van der Waals surface area contributed by atoms with Gasteiger partial charge in [-0.05, 0) is 52.6 Å². The molecule has 0 atom stereocenters. The largest absolute Gasteiger partial charge is 0.457 e. The van der Waals surface area contributed by atoms with Gasteiger partial charge in [0.2, 0.25) is 0 Å². The van der Waals surface area contributed by atoms with Crippen LogP contribution in [0.3, 0.4) is 0 Å². The minimum atomic E-state index is -0.246. The van der Waals surface area contributed by atoms with Crippen molar-refractivity contribution in [1.82, 2.24) is 4.57 Å². The van der Waals surface area contributed by atoms with Gasteiger partial charge in [0.1, 0.15) is 0 Å². The number of aryl methyl sites for hydroxylation is 1. The van der Waals surface area contributed by atoms with Crippen molar-refractivity contribution in [2.24, 2.45) is 0 Å². The quantitative estimate of drug-likeness (QED) is 0.606. The Bertz CT molecular complexity index is 843. The van der Waals surface area contributed by atoms with Crippen LogP contribution in [-0.4, -0.2) is 22.9 Å². The third kappa shape index (κ3) is 2.78. The molecule has 0 bridgehead atoms. The first-order valence-corrected chi connectivity index (χ1v) is 9.21. The predicted octanol–water partition coefficient (Wildman–Crippen LogP) is 5.28. The Hall–Kier alpha value is -1.78. The highest BCUT2D eigenvalue weighted by atomic mass is 16.7. The van der Waals surface area contributed by atoms with Gasteiger partial charge in [-0.25, -0.2) is 0 Å². The second kappa shape index (κ2) is 5.89. The zero-order valence-corrected chi connectivity index (χ0v) is 15.6. The molecule has 1 aliphatic rings. The number of aromatic nitrogens is 1. The lowest BCUT2D eigenvalue weighted by molar-refractivity contribution is 0.00578. The van der Waals surface area contributed by atoms with Gasteiger partial charge in [-0.2, -0.15) is 0 Å². The van der Waals surface area contributed by atoms with E-state index in [9.17, 15) is 0 Å². The number of para-hydroxylation sites is 2. The molecule has 0 aliphatic carbocycles. The van der Waals surface area contributed by atoms with Crippen molar-refractivity contribution in [1.29, 1.82) is 0 Å². The van der Waals surface area contributed by atoms with Crippen LogP contribution in [0.15, 0.2) is 48.5 Å². The summed E-state index contributed by atoms with van der Waals surface area (Å²) in [6.45, 7) is 9.41. The molecule has 1 aromatic heterocycles. The first kappa shape index (κ1) is 16.7. The first-order valence-electron chi connectivity index (χ1n) is 9.21. The molecule has 3 aromatic rings. The zero-order chi connectivity index (χ0) is 17.7. The Labute approximate surface area is 150 Å². The number of rotatable bonds is 4. The van der Waals surface area contributed by atoms with E-state index in [1.807, 2.05) is 0 Å². The second-order valence-corrected chi connectivity index (χ2v) is 8.01. The van der Waals surface area contributed by atoms with Crippen molar-refractivity contribution in [3.8, 4) is 0 Å². The van der Waals surface area contributed by atoms with Crippen molar-refractivity contribution >= 4 is 28.9 Å². The third-order valence-electron chi connectivity index (χ3n) is 5.80. The molecule has 2 aromatic carbocycles. The van der Waals surface area contributed by atoms with Crippen LogP contribution < -0.4 is 0 Å². The van der Waals surface area contributed by atoms with Gasteiger partial charge in [0, 0.05) is 28.4 Å². The average Bonchev–Trinajstić information content (AvgIpc) is 2.99. The molecule has 2 heterocycles. The van der Waals surface area contributed by atoms with Gasteiger partial charge in [-0.3, -0.25) is 0 Å². The van der Waals surface area contributed by atoms with Crippen LogP contribution in [0.25, 0.3) is 21.8 Å². The molecule has 0 radical (unpaired) electrons. The fraction of sp³-hybridized carbons (Fsp3) is 0.429. The molecule has 0 N–H and O–H groups in total. The SMILES string of the molecule is CC1(C)OB(CCCn2c3ccccc3c3ccccc32)OC1(C)C. The summed E-state index contributed by atoms with van der Waals surface area (Å²) in [7, 11) is -0.113. The Morgan fingerprint density at radius 3 is 1.80 bits per heavy atom. The zero-order valence-electron chi connectivity index (χ0n) is 15.6. The van der Waals surface area contributed by atoms with E-state index in [1.165, 1.54) is 21.8 Å². The van der Waals surface area contributed by atoms with Crippen LogP contribution in [0.5, 0.6) is 0 Å². The molecule has 0 spiro atoms.